The highest BCUT2D eigenvalue weighted by Gasteiger charge is 2.51. The van der Waals surface area contributed by atoms with Gasteiger partial charge in [-0.2, -0.15) is 0 Å². The topological polar surface area (TPSA) is 83.9 Å². The zero-order valence-electron chi connectivity index (χ0n) is 17.5. The molecule has 8 heteroatoms. The maximum atomic E-state index is 15.1. The number of hydrogen-bond acceptors (Lipinski definition) is 5. The maximum absolute atomic E-state index is 15.1. The lowest BCUT2D eigenvalue weighted by Gasteiger charge is -2.48. The molecule has 0 unspecified atom stereocenters. The van der Waals surface area contributed by atoms with Crippen molar-refractivity contribution in [3.63, 3.8) is 0 Å². The number of sulfone groups is 1. The molecule has 0 radical (unpaired) electrons. The van der Waals surface area contributed by atoms with Crippen molar-refractivity contribution in [3.05, 3.63) is 53.8 Å². The van der Waals surface area contributed by atoms with E-state index in [1.807, 2.05) is 13.8 Å². The van der Waals surface area contributed by atoms with E-state index in [4.69, 9.17) is 4.74 Å². The monoisotopic (exact) mass is 447 g/mol. The number of carbonyl (C=O) groups is 1. The third-order valence-electron chi connectivity index (χ3n) is 6.52. The number of rotatable bonds is 5. The Labute approximate surface area is 181 Å². The Balaban J connectivity index is 1.92. The second-order valence-corrected chi connectivity index (χ2v) is 10.0. The molecule has 2 atom stereocenters. The molecule has 1 N–H and O–H groups in total. The first-order chi connectivity index (χ1) is 14.7. The van der Waals surface area contributed by atoms with Crippen LogP contribution in [-0.2, 0) is 14.6 Å². The summed E-state index contributed by atoms with van der Waals surface area (Å²) in [6.45, 7) is 4.18. The van der Waals surface area contributed by atoms with E-state index in [-0.39, 0.29) is 16.6 Å². The van der Waals surface area contributed by atoms with Crippen LogP contribution in [0.4, 0.5) is 4.39 Å². The average Bonchev–Trinajstić information content (AvgIpc) is 3.19. The molecule has 1 fully saturated rings. The molecule has 0 spiro atoms. The van der Waals surface area contributed by atoms with Crippen LogP contribution in [0.2, 0.25) is 0 Å². The first-order valence-corrected chi connectivity index (χ1v) is 12.0. The quantitative estimate of drug-likeness (QED) is 0.757. The molecule has 2 aliphatic heterocycles. The molecular formula is C23H26FNO5S. The van der Waals surface area contributed by atoms with Crippen molar-refractivity contribution in [3.8, 4) is 5.75 Å². The molecule has 0 aliphatic carbocycles. The van der Waals surface area contributed by atoms with Gasteiger partial charge in [-0.1, -0.05) is 32.0 Å². The minimum absolute atomic E-state index is 0.0311. The van der Waals surface area contributed by atoms with Crippen LogP contribution in [0, 0.1) is 5.82 Å². The fourth-order valence-corrected chi connectivity index (χ4v) is 6.02. The first kappa shape index (κ1) is 21.8. The Hall–Kier alpha value is -2.45. The molecule has 0 bridgehead atoms. The predicted molar refractivity (Wildman–Crippen MR) is 112 cm³/mol. The minimum Gasteiger partial charge on any atom is -0.484 e. The number of carbonyl (C=O) groups excluding carboxylic acids is 1. The largest absolute Gasteiger partial charge is 0.484 e. The fourth-order valence-electron chi connectivity index (χ4n) is 4.65. The molecular weight excluding hydrogens is 421 g/mol. The molecule has 0 aromatic heterocycles. The summed E-state index contributed by atoms with van der Waals surface area (Å²) < 4.78 is 47.4. The van der Waals surface area contributed by atoms with E-state index in [0.717, 1.165) is 6.07 Å². The number of fused-ring (bicyclic) bond motifs is 1. The third kappa shape index (κ3) is 3.42. The van der Waals surface area contributed by atoms with E-state index in [0.29, 0.717) is 37.8 Å². The van der Waals surface area contributed by atoms with E-state index >= 15 is 4.39 Å². The van der Waals surface area contributed by atoms with E-state index < -0.39 is 38.3 Å². The van der Waals surface area contributed by atoms with E-state index in [9.17, 15) is 18.3 Å². The molecule has 166 valence electrons. The smallest absolute Gasteiger partial charge is 0.223 e. The number of aliphatic hydroxyl groups is 1. The van der Waals surface area contributed by atoms with Crippen molar-refractivity contribution < 1.29 is 27.4 Å². The molecule has 2 heterocycles. The molecule has 2 aromatic rings. The molecule has 2 aromatic carbocycles. The summed E-state index contributed by atoms with van der Waals surface area (Å²) in [5.74, 6) is -0.871. The van der Waals surface area contributed by atoms with Crippen LogP contribution in [0.25, 0.3) is 0 Å². The third-order valence-corrected chi connectivity index (χ3v) is 8.30. The lowest BCUT2D eigenvalue weighted by Crippen LogP contribution is -2.56. The SMILES string of the molecule is CCC1(CC)Oc2cc(F)c(S(=O)(=O)c3ccccc3)cc2[C@H](N2CCCC2=O)[C@H]1O. The zero-order valence-corrected chi connectivity index (χ0v) is 18.4. The van der Waals surface area contributed by atoms with E-state index in [1.54, 1.807) is 23.1 Å². The summed E-state index contributed by atoms with van der Waals surface area (Å²) in [4.78, 5) is 13.6. The van der Waals surface area contributed by atoms with Crippen molar-refractivity contribution in [2.24, 2.45) is 0 Å². The number of amides is 1. The lowest BCUT2D eigenvalue weighted by atomic mass is 9.80. The van der Waals surface area contributed by atoms with E-state index in [2.05, 4.69) is 0 Å². The van der Waals surface area contributed by atoms with Gasteiger partial charge < -0.3 is 14.7 Å². The highest BCUT2D eigenvalue weighted by Crippen LogP contribution is 2.48. The Kier molecular flexibility index (Phi) is 5.55. The lowest BCUT2D eigenvalue weighted by molar-refractivity contribution is -0.144. The van der Waals surface area contributed by atoms with Crippen molar-refractivity contribution in [2.75, 3.05) is 6.54 Å². The fraction of sp³-hybridized carbons (Fsp3) is 0.435. The number of aliphatic hydroxyl groups excluding tert-OH is 1. The summed E-state index contributed by atoms with van der Waals surface area (Å²) in [7, 11) is -4.14. The second kappa shape index (κ2) is 7.91. The Morgan fingerprint density at radius 2 is 1.87 bits per heavy atom. The van der Waals surface area contributed by atoms with Gasteiger partial charge in [0.25, 0.3) is 0 Å². The van der Waals surface area contributed by atoms with Gasteiger partial charge in [-0.05, 0) is 37.5 Å². The summed E-state index contributed by atoms with van der Waals surface area (Å²) in [6, 6.07) is 9.12. The van der Waals surface area contributed by atoms with Gasteiger partial charge in [-0.3, -0.25) is 4.79 Å². The molecule has 1 amide bonds. The Morgan fingerprint density at radius 3 is 2.45 bits per heavy atom. The summed E-state index contributed by atoms with van der Waals surface area (Å²) in [6.07, 6.45) is 0.846. The average molecular weight is 448 g/mol. The van der Waals surface area contributed by atoms with Gasteiger partial charge in [0, 0.05) is 24.6 Å². The van der Waals surface area contributed by atoms with Crippen LogP contribution < -0.4 is 4.74 Å². The highest BCUT2D eigenvalue weighted by atomic mass is 32.2. The van der Waals surface area contributed by atoms with Crippen LogP contribution in [0.15, 0.2) is 52.3 Å². The number of nitrogens with zero attached hydrogens (tertiary/aromatic N) is 1. The highest BCUT2D eigenvalue weighted by molar-refractivity contribution is 7.91. The van der Waals surface area contributed by atoms with Gasteiger partial charge in [0.1, 0.15) is 28.2 Å². The molecule has 6 nitrogen and oxygen atoms in total. The molecule has 0 saturated carbocycles. The van der Waals surface area contributed by atoms with E-state index in [1.165, 1.54) is 18.2 Å². The number of halogens is 1. The van der Waals surface area contributed by atoms with Crippen molar-refractivity contribution in [1.82, 2.24) is 4.90 Å². The molecule has 4 rings (SSSR count). The normalized spacial score (nSPS) is 22.8. The van der Waals surface area contributed by atoms with Crippen molar-refractivity contribution in [1.29, 1.82) is 0 Å². The number of likely N-dealkylation sites (tertiary alicyclic amines) is 1. The van der Waals surface area contributed by atoms with Crippen LogP contribution in [0.1, 0.15) is 51.1 Å². The van der Waals surface area contributed by atoms with Gasteiger partial charge in [-0.25, -0.2) is 12.8 Å². The standard InChI is InChI=1S/C23H26FNO5S/c1-3-23(4-2)22(27)21(25-12-8-11-20(25)26)16-13-19(17(24)14-18(16)30-23)31(28,29)15-9-6-5-7-10-15/h5-7,9-10,13-14,21-22,27H,3-4,8,11-12H2,1-2H3/t21-,22+/m0/s1. The Bertz CT molecular complexity index is 1100. The van der Waals surface area contributed by atoms with Gasteiger partial charge in [-0.15, -0.1) is 0 Å². The van der Waals surface area contributed by atoms with Crippen LogP contribution in [-0.4, -0.2) is 42.6 Å². The predicted octanol–water partition coefficient (Wildman–Crippen LogP) is 3.63. The summed E-state index contributed by atoms with van der Waals surface area (Å²) in [5, 5.41) is 11.3. The maximum Gasteiger partial charge on any atom is 0.223 e. The Morgan fingerprint density at radius 1 is 1.19 bits per heavy atom. The van der Waals surface area contributed by atoms with Crippen LogP contribution >= 0.6 is 0 Å². The summed E-state index contributed by atoms with van der Waals surface area (Å²) in [5.41, 5.74) is -0.677. The molecule has 31 heavy (non-hydrogen) atoms. The van der Waals surface area contributed by atoms with Crippen molar-refractivity contribution in [2.45, 2.75) is 67.1 Å². The number of hydrogen-bond donors (Lipinski definition) is 1. The van der Waals surface area contributed by atoms with Crippen LogP contribution in [0.3, 0.4) is 0 Å². The van der Waals surface area contributed by atoms with Gasteiger partial charge >= 0.3 is 0 Å². The van der Waals surface area contributed by atoms with Crippen molar-refractivity contribution >= 4 is 15.7 Å². The second-order valence-electron chi connectivity index (χ2n) is 8.09. The van der Waals surface area contributed by atoms with Gasteiger partial charge in [0.15, 0.2) is 0 Å². The zero-order chi connectivity index (χ0) is 22.4. The van der Waals surface area contributed by atoms with Gasteiger partial charge in [0.2, 0.25) is 15.7 Å². The van der Waals surface area contributed by atoms with Gasteiger partial charge in [0.05, 0.1) is 10.9 Å². The first-order valence-electron chi connectivity index (χ1n) is 10.6. The summed E-state index contributed by atoms with van der Waals surface area (Å²) >= 11 is 0. The number of ether oxygens (including phenoxy) is 1. The molecule has 1 saturated heterocycles. The molecule has 2 aliphatic rings. The number of benzene rings is 2. The minimum atomic E-state index is -4.14. The van der Waals surface area contributed by atoms with Crippen LogP contribution in [0.5, 0.6) is 5.75 Å².